The molecule has 34 heavy (non-hydrogen) atoms. The molecule has 1 aromatic rings. The Morgan fingerprint density at radius 1 is 1.24 bits per heavy atom. The lowest BCUT2D eigenvalue weighted by molar-refractivity contribution is -0.143. The van der Waals surface area contributed by atoms with E-state index >= 15 is 0 Å². The van der Waals surface area contributed by atoms with Crippen LogP contribution in [-0.2, 0) is 14.3 Å². The van der Waals surface area contributed by atoms with E-state index in [1.165, 1.54) is 11.8 Å². The van der Waals surface area contributed by atoms with Crippen molar-refractivity contribution in [3.8, 4) is 0 Å². The first-order chi connectivity index (χ1) is 16.2. The van der Waals surface area contributed by atoms with Gasteiger partial charge in [-0.25, -0.2) is 9.79 Å². The van der Waals surface area contributed by atoms with Crippen molar-refractivity contribution in [1.29, 1.82) is 0 Å². The smallest absolute Gasteiger partial charge is 0.338 e. The summed E-state index contributed by atoms with van der Waals surface area (Å²) >= 11 is 1.50. The number of fused-ring (bicyclic) bond motifs is 1. The van der Waals surface area contributed by atoms with Gasteiger partial charge in [0.2, 0.25) is 5.91 Å². The van der Waals surface area contributed by atoms with Gasteiger partial charge in [-0.15, -0.1) is 0 Å². The van der Waals surface area contributed by atoms with Gasteiger partial charge in [-0.2, -0.15) is 0 Å². The molecule has 1 fully saturated rings. The van der Waals surface area contributed by atoms with Crippen LogP contribution in [0.3, 0.4) is 0 Å². The number of hydrogen-bond acceptors (Lipinski definition) is 7. The van der Waals surface area contributed by atoms with Gasteiger partial charge in [0.25, 0.3) is 0 Å². The fourth-order valence-electron chi connectivity index (χ4n) is 4.66. The number of aliphatic imine (C=N–C) groups is 1. The molecule has 182 valence electrons. The van der Waals surface area contributed by atoms with E-state index in [2.05, 4.69) is 23.3 Å². The molecule has 1 unspecified atom stereocenters. The molecular formula is C26H34N4O3S. The van der Waals surface area contributed by atoms with E-state index in [0.717, 1.165) is 47.9 Å². The van der Waals surface area contributed by atoms with Crippen LogP contribution >= 0.6 is 11.8 Å². The van der Waals surface area contributed by atoms with E-state index in [9.17, 15) is 9.59 Å². The highest BCUT2D eigenvalue weighted by molar-refractivity contribution is 8.16. The SMILES string of the molecule is CC1=C(C(=O)OC(C)C)C(c2cccc(C)c2)N2C(CC(=O)NC3CCN(C)CC3)=CSC2=N1. The molecule has 4 rings (SSSR count). The fraction of sp³-hybridized carbons (Fsp3) is 0.500. The molecule has 1 aromatic carbocycles. The van der Waals surface area contributed by atoms with E-state index in [0.29, 0.717) is 11.3 Å². The molecule has 0 spiro atoms. The van der Waals surface area contributed by atoms with Crippen LogP contribution in [0.5, 0.6) is 0 Å². The van der Waals surface area contributed by atoms with Gasteiger partial charge in [-0.3, -0.25) is 4.79 Å². The molecular weight excluding hydrogens is 448 g/mol. The molecule has 0 aliphatic carbocycles. The Bertz CT molecular complexity index is 1050. The monoisotopic (exact) mass is 482 g/mol. The van der Waals surface area contributed by atoms with E-state index < -0.39 is 6.04 Å². The molecule has 1 amide bonds. The number of hydrogen-bond donors (Lipinski definition) is 1. The first kappa shape index (κ1) is 24.5. The molecule has 0 bridgehead atoms. The number of rotatable bonds is 6. The van der Waals surface area contributed by atoms with Crippen LogP contribution in [0.1, 0.15) is 57.2 Å². The number of aryl methyl sites for hydroxylation is 1. The summed E-state index contributed by atoms with van der Waals surface area (Å²) < 4.78 is 5.61. The highest BCUT2D eigenvalue weighted by atomic mass is 32.2. The first-order valence-corrected chi connectivity index (χ1v) is 12.8. The molecule has 1 N–H and O–H groups in total. The van der Waals surface area contributed by atoms with Gasteiger partial charge in [0, 0.05) is 11.7 Å². The number of nitrogens with one attached hydrogen (secondary N) is 1. The summed E-state index contributed by atoms with van der Waals surface area (Å²) in [4.78, 5) is 35.3. The van der Waals surface area contributed by atoms with Gasteiger partial charge in [0.15, 0.2) is 5.17 Å². The number of carbonyl (C=O) groups excluding carboxylic acids is 2. The van der Waals surface area contributed by atoms with Crippen molar-refractivity contribution in [3.63, 3.8) is 0 Å². The Hall–Kier alpha value is -2.58. The minimum atomic E-state index is -0.393. The van der Waals surface area contributed by atoms with E-state index in [1.54, 1.807) is 0 Å². The van der Waals surface area contributed by atoms with Crippen molar-refractivity contribution in [2.45, 2.75) is 65.1 Å². The largest absolute Gasteiger partial charge is 0.459 e. The summed E-state index contributed by atoms with van der Waals surface area (Å²) in [5, 5.41) is 5.98. The zero-order valence-electron chi connectivity index (χ0n) is 20.6. The Labute approximate surface area is 206 Å². The van der Waals surface area contributed by atoms with Gasteiger partial charge in [0.1, 0.15) is 0 Å². The maximum absolute atomic E-state index is 13.2. The zero-order valence-corrected chi connectivity index (χ0v) is 21.4. The first-order valence-electron chi connectivity index (χ1n) is 11.9. The van der Waals surface area contributed by atoms with Gasteiger partial charge in [-0.05, 0) is 71.6 Å². The summed E-state index contributed by atoms with van der Waals surface area (Å²) in [6.07, 6.45) is 1.93. The number of benzene rings is 1. The average Bonchev–Trinajstić information content (AvgIpc) is 3.15. The van der Waals surface area contributed by atoms with Gasteiger partial charge in [0.05, 0.1) is 29.8 Å². The third kappa shape index (κ3) is 5.39. The molecule has 0 radical (unpaired) electrons. The maximum atomic E-state index is 13.2. The second-order valence-electron chi connectivity index (χ2n) is 9.58. The number of ether oxygens (including phenoxy) is 1. The van der Waals surface area contributed by atoms with Gasteiger partial charge >= 0.3 is 5.97 Å². The summed E-state index contributed by atoms with van der Waals surface area (Å²) in [7, 11) is 2.11. The lowest BCUT2D eigenvalue weighted by Gasteiger charge is -2.37. The van der Waals surface area contributed by atoms with E-state index in [1.807, 2.05) is 56.2 Å². The molecule has 1 atom stereocenters. The lowest BCUT2D eigenvalue weighted by Crippen LogP contribution is -2.44. The predicted octanol–water partition coefficient (Wildman–Crippen LogP) is 4.12. The number of likely N-dealkylation sites (tertiary alicyclic amines) is 1. The molecule has 1 saturated heterocycles. The standard InChI is InChI=1S/C26H34N4O3S/c1-16(2)33-25(32)23-18(4)27-26-30(24(23)19-8-6-7-17(3)13-19)21(15-34-26)14-22(31)28-20-9-11-29(5)12-10-20/h6-8,13,15-16,20,24H,9-12,14H2,1-5H3,(H,28,31). The number of carbonyl (C=O) groups is 2. The Kier molecular flexibility index (Phi) is 7.48. The maximum Gasteiger partial charge on any atom is 0.338 e. The number of allylic oxidation sites excluding steroid dienone is 1. The Morgan fingerprint density at radius 3 is 2.65 bits per heavy atom. The Morgan fingerprint density at radius 2 is 1.97 bits per heavy atom. The molecule has 3 heterocycles. The third-order valence-electron chi connectivity index (χ3n) is 6.35. The van der Waals surface area contributed by atoms with E-state index in [-0.39, 0.29) is 30.4 Å². The highest BCUT2D eigenvalue weighted by Crippen LogP contribution is 2.45. The number of nitrogens with zero attached hydrogens (tertiary/aromatic N) is 3. The number of amidine groups is 1. The van der Waals surface area contributed by atoms with Crippen molar-refractivity contribution in [3.05, 3.63) is 57.8 Å². The molecule has 7 nitrogen and oxygen atoms in total. The number of amides is 1. The normalized spacial score (nSPS) is 21.4. The van der Waals surface area contributed by atoms with Crippen LogP contribution in [0.4, 0.5) is 0 Å². The van der Waals surface area contributed by atoms with E-state index in [4.69, 9.17) is 9.73 Å². The Balaban J connectivity index is 1.61. The topological polar surface area (TPSA) is 74.2 Å². The minimum absolute atomic E-state index is 0.00299. The second kappa shape index (κ2) is 10.4. The molecule has 0 aromatic heterocycles. The zero-order chi connectivity index (χ0) is 24.4. The van der Waals surface area contributed by atoms with Crippen LogP contribution in [-0.4, -0.2) is 59.1 Å². The van der Waals surface area contributed by atoms with Crippen LogP contribution in [0, 0.1) is 6.92 Å². The predicted molar refractivity (Wildman–Crippen MR) is 136 cm³/mol. The van der Waals surface area contributed by atoms with Gasteiger partial charge < -0.3 is 19.9 Å². The third-order valence-corrected chi connectivity index (χ3v) is 7.24. The van der Waals surface area contributed by atoms with Crippen LogP contribution in [0.2, 0.25) is 0 Å². The second-order valence-corrected chi connectivity index (χ2v) is 10.4. The van der Waals surface area contributed by atoms with Crippen LogP contribution in [0.15, 0.2) is 51.6 Å². The number of piperidine rings is 1. The molecule has 0 saturated carbocycles. The van der Waals surface area contributed by atoms with Crippen LogP contribution in [0.25, 0.3) is 0 Å². The number of esters is 1. The number of thioether (sulfide) groups is 1. The van der Waals surface area contributed by atoms with Gasteiger partial charge in [-0.1, -0.05) is 41.6 Å². The van der Waals surface area contributed by atoms with Crippen LogP contribution < -0.4 is 5.32 Å². The van der Waals surface area contributed by atoms with Crippen molar-refractivity contribution in [1.82, 2.24) is 15.1 Å². The summed E-state index contributed by atoms with van der Waals surface area (Å²) in [5.41, 5.74) is 4.11. The summed E-state index contributed by atoms with van der Waals surface area (Å²) in [5.74, 6) is -0.364. The summed E-state index contributed by atoms with van der Waals surface area (Å²) in [6, 6.07) is 7.96. The minimum Gasteiger partial charge on any atom is -0.459 e. The molecule has 8 heteroatoms. The quantitative estimate of drug-likeness (QED) is 0.615. The van der Waals surface area contributed by atoms with Crippen molar-refractivity contribution in [2.24, 2.45) is 4.99 Å². The lowest BCUT2D eigenvalue weighted by atomic mass is 9.93. The molecule has 3 aliphatic heterocycles. The average molecular weight is 483 g/mol. The highest BCUT2D eigenvalue weighted by Gasteiger charge is 2.41. The summed E-state index contributed by atoms with van der Waals surface area (Å²) in [6.45, 7) is 9.57. The van der Waals surface area contributed by atoms with Crippen molar-refractivity contribution < 1.29 is 14.3 Å². The van der Waals surface area contributed by atoms with Crippen molar-refractivity contribution >= 4 is 28.8 Å². The fourth-order valence-corrected chi connectivity index (χ4v) is 5.62. The van der Waals surface area contributed by atoms with Crippen molar-refractivity contribution in [2.75, 3.05) is 20.1 Å². The molecule has 3 aliphatic rings.